The van der Waals surface area contributed by atoms with E-state index >= 15 is 0 Å². The fraction of sp³-hybridized carbons (Fsp3) is 0.773. The lowest BCUT2D eigenvalue weighted by Crippen LogP contribution is -2.59. The van der Waals surface area contributed by atoms with Crippen LogP contribution in [-0.4, -0.2) is 88.7 Å². The summed E-state index contributed by atoms with van der Waals surface area (Å²) in [6, 6.07) is -2.50. The number of alkyl halides is 3. The normalized spacial score (nSPS) is 18.1. The first-order valence-corrected chi connectivity index (χ1v) is 11.2. The van der Waals surface area contributed by atoms with E-state index in [1.807, 2.05) is 0 Å². The minimum atomic E-state index is -4.72. The van der Waals surface area contributed by atoms with Crippen molar-refractivity contribution in [2.45, 2.75) is 77.7 Å². The van der Waals surface area contributed by atoms with E-state index in [0.717, 1.165) is 17.7 Å². The molecule has 0 saturated carbocycles. The van der Waals surface area contributed by atoms with Crippen LogP contribution < -0.4 is 5.32 Å². The van der Waals surface area contributed by atoms with E-state index in [1.165, 1.54) is 18.9 Å². The number of hydrogen-bond donors (Lipinski definition) is 2. The summed E-state index contributed by atoms with van der Waals surface area (Å²) in [5, 5.41) is 11.7. The van der Waals surface area contributed by atoms with Crippen molar-refractivity contribution < 1.29 is 37.5 Å². The van der Waals surface area contributed by atoms with Crippen molar-refractivity contribution in [2.24, 2.45) is 16.8 Å². The van der Waals surface area contributed by atoms with Gasteiger partial charge >= 0.3 is 12.1 Å². The molecule has 1 heterocycles. The molecule has 1 rings (SSSR count). The number of hydrogen-bond acceptors (Lipinski definition) is 5. The van der Waals surface area contributed by atoms with Gasteiger partial charge in [0.1, 0.15) is 23.8 Å². The van der Waals surface area contributed by atoms with Crippen molar-refractivity contribution in [3.05, 3.63) is 0 Å². The predicted octanol–water partition coefficient (Wildman–Crippen LogP) is 2.10. The zero-order valence-electron chi connectivity index (χ0n) is 20.5. The maximum absolute atomic E-state index is 13.3. The summed E-state index contributed by atoms with van der Waals surface area (Å²) in [6.45, 7) is 8.53. The van der Waals surface area contributed by atoms with Crippen molar-refractivity contribution >= 4 is 29.9 Å². The number of carbonyl (C=O) groups excluding carboxylic acids is 3. The topological polar surface area (TPSA) is 119 Å². The second kappa shape index (κ2) is 11.7. The number of amides is 3. The van der Waals surface area contributed by atoms with Crippen LogP contribution in [0.2, 0.25) is 0 Å². The van der Waals surface area contributed by atoms with Gasteiger partial charge in [-0.05, 0) is 31.6 Å². The molecule has 0 aromatic carbocycles. The summed E-state index contributed by atoms with van der Waals surface area (Å²) in [7, 11) is 1.28. The molecule has 0 bridgehead atoms. The van der Waals surface area contributed by atoms with Gasteiger partial charge < -0.3 is 20.2 Å². The maximum atomic E-state index is 13.3. The Balaban J connectivity index is 3.20. The van der Waals surface area contributed by atoms with Gasteiger partial charge in [-0.2, -0.15) is 13.2 Å². The summed E-state index contributed by atoms with van der Waals surface area (Å²) < 4.78 is 38.3. The third kappa shape index (κ3) is 7.69. The van der Waals surface area contributed by atoms with E-state index in [9.17, 15) is 37.5 Å². The van der Waals surface area contributed by atoms with Gasteiger partial charge in [0, 0.05) is 20.1 Å². The van der Waals surface area contributed by atoms with Gasteiger partial charge in [0.25, 0.3) is 5.91 Å². The fourth-order valence-corrected chi connectivity index (χ4v) is 3.86. The third-order valence-electron chi connectivity index (χ3n) is 6.09. The van der Waals surface area contributed by atoms with Gasteiger partial charge in [-0.1, -0.05) is 27.7 Å². The second-order valence-electron chi connectivity index (χ2n) is 9.40. The molecule has 0 aromatic heterocycles. The molecule has 1 saturated heterocycles. The number of rotatable bonds is 10. The summed E-state index contributed by atoms with van der Waals surface area (Å²) in [4.78, 5) is 56.6. The van der Waals surface area contributed by atoms with Crippen LogP contribution in [0.3, 0.4) is 0 Å². The molecule has 1 fully saturated rings. The van der Waals surface area contributed by atoms with Crippen molar-refractivity contribution in [3.63, 3.8) is 0 Å². The van der Waals surface area contributed by atoms with Crippen LogP contribution in [0.15, 0.2) is 4.99 Å². The molecule has 0 radical (unpaired) electrons. The van der Waals surface area contributed by atoms with Crippen molar-refractivity contribution in [1.82, 2.24) is 15.1 Å². The molecule has 0 aliphatic carbocycles. The number of aliphatic imine (C=N–C) groups is 1. The Bertz CT molecular complexity index is 794. The smallest absolute Gasteiger partial charge is 0.426 e. The number of nitrogens with zero attached hydrogens (tertiary/aromatic N) is 3. The number of likely N-dealkylation sites (tertiary alicyclic amines) is 1. The largest absolute Gasteiger partial charge is 0.481 e. The number of carbonyl (C=O) groups is 4. The molecular formula is C22H35F3N4O5. The molecule has 1 unspecified atom stereocenters. The van der Waals surface area contributed by atoms with E-state index in [2.05, 4.69) is 10.3 Å². The lowest BCUT2D eigenvalue weighted by atomic mass is 9.86. The maximum Gasteiger partial charge on any atom is 0.426 e. The SMILES string of the molecule is CC(C)[C@@H](C(=O)N[C@@H](CC(=O)O)C(=O)N1CCCC1)N(C)C(=O)C(C)(N=CC(F)(F)F)C(C)C. The standard InChI is InChI=1S/C22H35F3N4O5/c1-13(2)17(28(6)20(34)21(5,14(3)4)26-12-22(23,24)25)18(32)27-15(11-16(30)31)19(33)29-9-7-8-10-29/h12-15,17H,7-11H2,1-6H3,(H,27,32)(H,30,31)/t15-,17-,21?/m0/s1. The Morgan fingerprint density at radius 2 is 1.65 bits per heavy atom. The number of halogens is 3. The van der Waals surface area contributed by atoms with Crippen LogP contribution in [0.25, 0.3) is 0 Å². The number of carboxylic acids is 1. The van der Waals surface area contributed by atoms with Crippen LogP contribution >= 0.6 is 0 Å². The molecule has 34 heavy (non-hydrogen) atoms. The highest BCUT2D eigenvalue weighted by molar-refractivity contribution is 5.96. The van der Waals surface area contributed by atoms with E-state index < -0.39 is 65.7 Å². The Hall–Kier alpha value is -2.66. The number of likely N-dealkylation sites (N-methyl/N-ethyl adjacent to an activating group) is 1. The Morgan fingerprint density at radius 1 is 1.12 bits per heavy atom. The highest BCUT2D eigenvalue weighted by atomic mass is 19.4. The minimum Gasteiger partial charge on any atom is -0.481 e. The van der Waals surface area contributed by atoms with Crippen LogP contribution in [0, 0.1) is 11.8 Å². The predicted molar refractivity (Wildman–Crippen MR) is 119 cm³/mol. The average Bonchev–Trinajstić information content (AvgIpc) is 3.23. The van der Waals surface area contributed by atoms with Crippen LogP contribution in [0.4, 0.5) is 13.2 Å². The number of aliphatic carboxylic acids is 1. The molecular weight excluding hydrogens is 457 g/mol. The van der Waals surface area contributed by atoms with Crippen LogP contribution in [-0.2, 0) is 19.2 Å². The first-order valence-electron chi connectivity index (χ1n) is 11.2. The van der Waals surface area contributed by atoms with Crippen molar-refractivity contribution in [3.8, 4) is 0 Å². The van der Waals surface area contributed by atoms with Gasteiger partial charge in [-0.25, -0.2) is 0 Å². The summed E-state index contributed by atoms with van der Waals surface area (Å²) in [5.74, 6) is -4.51. The fourth-order valence-electron chi connectivity index (χ4n) is 3.86. The molecule has 12 heteroatoms. The summed E-state index contributed by atoms with van der Waals surface area (Å²) in [5.41, 5.74) is -1.80. The molecule has 3 amide bonds. The van der Waals surface area contributed by atoms with Crippen molar-refractivity contribution in [2.75, 3.05) is 20.1 Å². The zero-order valence-corrected chi connectivity index (χ0v) is 20.5. The molecule has 194 valence electrons. The molecule has 9 nitrogen and oxygen atoms in total. The van der Waals surface area contributed by atoms with E-state index in [-0.39, 0.29) is 6.21 Å². The highest BCUT2D eigenvalue weighted by Gasteiger charge is 2.44. The highest BCUT2D eigenvalue weighted by Crippen LogP contribution is 2.27. The summed E-state index contributed by atoms with van der Waals surface area (Å²) in [6.07, 6.45) is -4.04. The molecule has 3 atom stereocenters. The molecule has 2 N–H and O–H groups in total. The lowest BCUT2D eigenvalue weighted by molar-refractivity contribution is -0.148. The Morgan fingerprint density at radius 3 is 2.06 bits per heavy atom. The second-order valence-corrected chi connectivity index (χ2v) is 9.40. The first kappa shape index (κ1) is 29.4. The van der Waals surface area contributed by atoms with Gasteiger partial charge in [-0.15, -0.1) is 0 Å². The van der Waals surface area contributed by atoms with E-state index in [1.54, 1.807) is 27.7 Å². The monoisotopic (exact) mass is 492 g/mol. The minimum absolute atomic E-state index is 0.235. The number of carboxylic acid groups (broad SMARTS) is 1. The van der Waals surface area contributed by atoms with Crippen molar-refractivity contribution in [1.29, 1.82) is 0 Å². The molecule has 1 aliphatic heterocycles. The van der Waals surface area contributed by atoms with Gasteiger partial charge in [0.05, 0.1) is 6.42 Å². The van der Waals surface area contributed by atoms with E-state index in [4.69, 9.17) is 0 Å². The quantitative estimate of drug-likeness (QED) is 0.453. The third-order valence-corrected chi connectivity index (χ3v) is 6.09. The summed E-state index contributed by atoms with van der Waals surface area (Å²) >= 11 is 0. The Kier molecular flexibility index (Phi) is 10.1. The van der Waals surface area contributed by atoms with Gasteiger partial charge in [0.2, 0.25) is 11.8 Å². The molecule has 0 spiro atoms. The first-order chi connectivity index (χ1) is 15.5. The average molecular weight is 493 g/mol. The van der Waals surface area contributed by atoms with Crippen LogP contribution in [0.5, 0.6) is 0 Å². The number of nitrogens with one attached hydrogen (secondary N) is 1. The van der Waals surface area contributed by atoms with E-state index in [0.29, 0.717) is 13.1 Å². The van der Waals surface area contributed by atoms with Crippen LogP contribution in [0.1, 0.15) is 53.9 Å². The van der Waals surface area contributed by atoms with Gasteiger partial charge in [0.15, 0.2) is 0 Å². The zero-order chi connectivity index (χ0) is 26.4. The molecule has 0 aromatic rings. The Labute approximate surface area is 197 Å². The van der Waals surface area contributed by atoms with Gasteiger partial charge in [-0.3, -0.25) is 24.2 Å². The lowest BCUT2D eigenvalue weighted by Gasteiger charge is -2.38. The molecule has 1 aliphatic rings.